The summed E-state index contributed by atoms with van der Waals surface area (Å²) >= 11 is 3.90. The third-order valence-corrected chi connectivity index (χ3v) is 6.94. The van der Waals surface area contributed by atoms with Crippen LogP contribution in [0, 0.1) is 0 Å². The monoisotopic (exact) mass is 353 g/mol. The Morgan fingerprint density at radius 1 is 1.00 bits per heavy atom. The van der Waals surface area contributed by atoms with Crippen LogP contribution in [0.4, 0.5) is 0 Å². The summed E-state index contributed by atoms with van der Waals surface area (Å²) in [7, 11) is 0. The van der Waals surface area contributed by atoms with E-state index in [2.05, 4.69) is 4.98 Å². The predicted octanol–water partition coefficient (Wildman–Crippen LogP) is 4.93. The molecular formula is C19H15NO2S2. The highest BCUT2D eigenvalue weighted by Crippen LogP contribution is 2.45. The lowest BCUT2D eigenvalue weighted by Gasteiger charge is -2.10. The van der Waals surface area contributed by atoms with Crippen LogP contribution in [0.2, 0.25) is 0 Å². The van der Waals surface area contributed by atoms with Gasteiger partial charge in [-0.25, -0.2) is 4.79 Å². The van der Waals surface area contributed by atoms with Crippen LogP contribution in [-0.2, 0) is 0 Å². The zero-order valence-electron chi connectivity index (χ0n) is 12.8. The second kappa shape index (κ2) is 6.87. The number of thioether (sulfide) groups is 2. The van der Waals surface area contributed by atoms with Crippen molar-refractivity contribution in [1.82, 2.24) is 4.98 Å². The van der Waals surface area contributed by atoms with Gasteiger partial charge < -0.3 is 4.74 Å². The number of rotatable bonds is 3. The van der Waals surface area contributed by atoms with Crippen molar-refractivity contribution < 1.29 is 9.53 Å². The fourth-order valence-electron chi connectivity index (χ4n) is 2.64. The summed E-state index contributed by atoms with van der Waals surface area (Å²) < 4.78 is 6.05. The van der Waals surface area contributed by atoms with Crippen molar-refractivity contribution in [1.29, 1.82) is 0 Å². The summed E-state index contributed by atoms with van der Waals surface area (Å²) in [5.74, 6) is 2.51. The quantitative estimate of drug-likeness (QED) is 0.493. The van der Waals surface area contributed by atoms with Gasteiger partial charge in [-0.15, -0.1) is 23.5 Å². The van der Waals surface area contributed by atoms with E-state index in [9.17, 15) is 4.79 Å². The predicted molar refractivity (Wildman–Crippen MR) is 101 cm³/mol. The molecular weight excluding hydrogens is 338 g/mol. The highest BCUT2D eigenvalue weighted by molar-refractivity contribution is 8.19. The van der Waals surface area contributed by atoms with Crippen LogP contribution in [0.1, 0.15) is 20.5 Å². The summed E-state index contributed by atoms with van der Waals surface area (Å²) in [6, 6.07) is 17.1. The number of fused-ring (bicyclic) bond motifs is 1. The molecule has 1 aromatic heterocycles. The van der Waals surface area contributed by atoms with Gasteiger partial charge in [0, 0.05) is 23.1 Å². The molecule has 4 rings (SSSR count). The number of carbonyl (C=O) groups excluding carboxylic acids is 1. The third-order valence-electron chi connectivity index (χ3n) is 3.84. The summed E-state index contributed by atoms with van der Waals surface area (Å²) in [4.78, 5) is 16.7. The number of esters is 1. The number of hydrogen-bond acceptors (Lipinski definition) is 5. The molecule has 1 fully saturated rings. The number of hydrogen-bond donors (Lipinski definition) is 0. The molecule has 0 aliphatic carbocycles. The topological polar surface area (TPSA) is 39.2 Å². The van der Waals surface area contributed by atoms with Gasteiger partial charge in [-0.3, -0.25) is 4.98 Å². The summed E-state index contributed by atoms with van der Waals surface area (Å²) in [5.41, 5.74) is 2.51. The zero-order valence-corrected chi connectivity index (χ0v) is 14.5. The largest absolute Gasteiger partial charge is 0.421 e. The number of benzene rings is 2. The molecule has 24 heavy (non-hydrogen) atoms. The van der Waals surface area contributed by atoms with Gasteiger partial charge in [0.05, 0.1) is 10.1 Å². The molecule has 1 saturated heterocycles. The Balaban J connectivity index is 1.55. The number of aromatic nitrogens is 1. The number of para-hydroxylation sites is 1. The molecule has 0 bridgehead atoms. The van der Waals surface area contributed by atoms with Crippen LogP contribution in [-0.4, -0.2) is 22.5 Å². The minimum atomic E-state index is -0.355. The van der Waals surface area contributed by atoms with E-state index in [-0.39, 0.29) is 5.97 Å². The third kappa shape index (κ3) is 3.14. The Labute approximate surface area is 148 Å². The van der Waals surface area contributed by atoms with E-state index in [0.29, 0.717) is 21.4 Å². The molecule has 0 spiro atoms. The molecule has 0 radical (unpaired) electrons. The number of nitrogens with zero attached hydrogens (tertiary/aromatic N) is 1. The van der Waals surface area contributed by atoms with Gasteiger partial charge in [-0.2, -0.15) is 0 Å². The van der Waals surface area contributed by atoms with Gasteiger partial charge in [0.2, 0.25) is 0 Å². The molecule has 0 N–H and O–H groups in total. The van der Waals surface area contributed by atoms with Gasteiger partial charge in [-0.1, -0.05) is 30.3 Å². The van der Waals surface area contributed by atoms with Crippen molar-refractivity contribution in [3.8, 4) is 5.75 Å². The molecule has 0 amide bonds. The minimum absolute atomic E-state index is 0.355. The first-order valence-electron chi connectivity index (χ1n) is 7.70. The standard InChI is InChI=1S/C19H15NO2S2/c21-18(14-6-8-15(9-7-14)19-23-11-12-24-19)22-16-5-1-3-13-4-2-10-20-17(13)16/h1-10,19H,11-12H2. The SMILES string of the molecule is O=C(Oc1cccc2cccnc12)c1ccc(C2SCCS2)cc1. The number of carbonyl (C=O) groups is 1. The average molecular weight is 353 g/mol. The van der Waals surface area contributed by atoms with Crippen molar-refractivity contribution in [2.24, 2.45) is 0 Å². The Kier molecular flexibility index (Phi) is 4.45. The maximum absolute atomic E-state index is 12.4. The molecule has 0 unspecified atom stereocenters. The molecule has 5 heteroatoms. The first-order valence-corrected chi connectivity index (χ1v) is 9.80. The summed E-state index contributed by atoms with van der Waals surface area (Å²) in [6.45, 7) is 0. The zero-order chi connectivity index (χ0) is 16.4. The highest BCUT2D eigenvalue weighted by atomic mass is 32.2. The van der Waals surface area contributed by atoms with Crippen LogP contribution in [0.3, 0.4) is 0 Å². The van der Waals surface area contributed by atoms with Crippen LogP contribution in [0.5, 0.6) is 5.75 Å². The van der Waals surface area contributed by atoms with E-state index in [1.807, 2.05) is 72.1 Å². The van der Waals surface area contributed by atoms with Crippen LogP contribution in [0.25, 0.3) is 10.9 Å². The van der Waals surface area contributed by atoms with E-state index in [1.54, 1.807) is 12.3 Å². The first kappa shape index (κ1) is 15.5. The smallest absolute Gasteiger partial charge is 0.343 e. The van der Waals surface area contributed by atoms with E-state index in [0.717, 1.165) is 5.39 Å². The van der Waals surface area contributed by atoms with Gasteiger partial charge in [0.1, 0.15) is 5.52 Å². The lowest BCUT2D eigenvalue weighted by molar-refractivity contribution is 0.0737. The minimum Gasteiger partial charge on any atom is -0.421 e. The van der Waals surface area contributed by atoms with Crippen molar-refractivity contribution >= 4 is 40.4 Å². The maximum atomic E-state index is 12.4. The average Bonchev–Trinajstić information content (AvgIpc) is 3.17. The highest BCUT2D eigenvalue weighted by Gasteiger charge is 2.19. The van der Waals surface area contributed by atoms with Crippen LogP contribution in [0.15, 0.2) is 60.8 Å². The molecule has 3 aromatic rings. The Hall–Kier alpha value is -1.98. The second-order valence-electron chi connectivity index (χ2n) is 5.42. The molecule has 120 valence electrons. The second-order valence-corrected chi connectivity index (χ2v) is 8.14. The lowest BCUT2D eigenvalue weighted by Crippen LogP contribution is -2.09. The fourth-order valence-corrected chi connectivity index (χ4v) is 5.50. The van der Waals surface area contributed by atoms with Crippen molar-refractivity contribution in [2.75, 3.05) is 11.5 Å². The molecule has 2 heterocycles. The van der Waals surface area contributed by atoms with Crippen molar-refractivity contribution in [2.45, 2.75) is 4.58 Å². The van der Waals surface area contributed by atoms with E-state index >= 15 is 0 Å². The summed E-state index contributed by atoms with van der Waals surface area (Å²) in [6.07, 6.45) is 1.70. The first-order chi connectivity index (χ1) is 11.8. The lowest BCUT2D eigenvalue weighted by atomic mass is 10.1. The number of ether oxygens (including phenoxy) is 1. The van der Waals surface area contributed by atoms with E-state index in [4.69, 9.17) is 4.74 Å². The Bertz CT molecular complexity index is 869. The van der Waals surface area contributed by atoms with Crippen LogP contribution < -0.4 is 4.74 Å². The Morgan fingerprint density at radius 3 is 2.54 bits per heavy atom. The Morgan fingerprint density at radius 2 is 1.75 bits per heavy atom. The molecule has 3 nitrogen and oxygen atoms in total. The summed E-state index contributed by atoms with van der Waals surface area (Å²) in [5, 5.41) is 0.952. The van der Waals surface area contributed by atoms with E-state index < -0.39 is 0 Å². The van der Waals surface area contributed by atoms with Gasteiger partial charge >= 0.3 is 5.97 Å². The molecule has 1 aliphatic rings. The van der Waals surface area contributed by atoms with Gasteiger partial charge in [0.25, 0.3) is 0 Å². The van der Waals surface area contributed by atoms with Crippen LogP contribution >= 0.6 is 23.5 Å². The number of pyridine rings is 1. The molecule has 1 aliphatic heterocycles. The van der Waals surface area contributed by atoms with Crippen molar-refractivity contribution in [3.05, 3.63) is 71.9 Å². The maximum Gasteiger partial charge on any atom is 0.343 e. The molecule has 2 aromatic carbocycles. The fraction of sp³-hybridized carbons (Fsp3) is 0.158. The van der Waals surface area contributed by atoms with Crippen molar-refractivity contribution in [3.63, 3.8) is 0 Å². The van der Waals surface area contributed by atoms with E-state index in [1.165, 1.54) is 17.1 Å². The van der Waals surface area contributed by atoms with Gasteiger partial charge in [0.15, 0.2) is 5.75 Å². The molecule has 0 saturated carbocycles. The molecule has 0 atom stereocenters. The normalized spacial score (nSPS) is 14.8. The van der Waals surface area contributed by atoms with Gasteiger partial charge in [-0.05, 0) is 29.8 Å².